The Balaban J connectivity index is 1.61. The molecule has 0 spiro atoms. The maximum absolute atomic E-state index is 8.87. The Morgan fingerprint density at radius 1 is 1.11 bits per heavy atom. The number of nitriles is 1. The first-order valence-corrected chi connectivity index (χ1v) is 9.24. The lowest BCUT2D eigenvalue weighted by Gasteiger charge is -2.04. The molecular formula is C18H11Cl2N7S. The van der Waals surface area contributed by atoms with E-state index in [1.54, 1.807) is 41.2 Å². The molecule has 7 nitrogen and oxygen atoms in total. The van der Waals surface area contributed by atoms with Crippen LogP contribution in [-0.2, 0) is 6.54 Å². The summed E-state index contributed by atoms with van der Waals surface area (Å²) >= 11 is 17.7. The van der Waals surface area contributed by atoms with Gasteiger partial charge in [-0.05, 0) is 41.1 Å². The van der Waals surface area contributed by atoms with Crippen molar-refractivity contribution in [2.45, 2.75) is 6.54 Å². The van der Waals surface area contributed by atoms with Gasteiger partial charge < -0.3 is 0 Å². The number of tetrazole rings is 1. The molecule has 2 heterocycles. The van der Waals surface area contributed by atoms with Crippen LogP contribution in [0.2, 0.25) is 10.0 Å². The first-order valence-electron chi connectivity index (χ1n) is 8.07. The molecule has 0 amide bonds. The van der Waals surface area contributed by atoms with Gasteiger partial charge in [-0.3, -0.25) is 5.10 Å². The molecule has 10 heteroatoms. The molecule has 1 N–H and O–H groups in total. The predicted octanol–water partition coefficient (Wildman–Crippen LogP) is 4.42. The van der Waals surface area contributed by atoms with Gasteiger partial charge in [0.2, 0.25) is 5.82 Å². The number of H-pyrrole nitrogens is 1. The van der Waals surface area contributed by atoms with Gasteiger partial charge in [0, 0.05) is 16.2 Å². The summed E-state index contributed by atoms with van der Waals surface area (Å²) in [7, 11) is 0. The van der Waals surface area contributed by atoms with Gasteiger partial charge in [0.25, 0.3) is 0 Å². The Labute approximate surface area is 174 Å². The van der Waals surface area contributed by atoms with Crippen LogP contribution >= 0.6 is 35.4 Å². The Morgan fingerprint density at radius 2 is 1.82 bits per heavy atom. The average Bonchev–Trinajstić information content (AvgIpc) is 3.28. The van der Waals surface area contributed by atoms with E-state index in [-0.39, 0.29) is 0 Å². The summed E-state index contributed by atoms with van der Waals surface area (Å²) in [6.45, 7) is 0.430. The van der Waals surface area contributed by atoms with E-state index >= 15 is 0 Å². The number of hydrogen-bond acceptors (Lipinski definition) is 5. The molecule has 0 atom stereocenters. The molecular weight excluding hydrogens is 417 g/mol. The second-order valence-electron chi connectivity index (χ2n) is 5.91. The fraction of sp³-hybridized carbons (Fsp3) is 0.0556. The van der Waals surface area contributed by atoms with Crippen molar-refractivity contribution >= 4 is 35.4 Å². The Morgan fingerprint density at radius 3 is 2.50 bits per heavy atom. The number of halogens is 2. The SMILES string of the molecule is N#Cc1ccc(Cn2nnc(-c3c[nH]n(-c4cc(Cl)cc(Cl)c4)c3=S)n2)cc1. The molecule has 2 aromatic heterocycles. The highest BCUT2D eigenvalue weighted by molar-refractivity contribution is 7.71. The summed E-state index contributed by atoms with van der Waals surface area (Å²) < 4.78 is 2.15. The minimum atomic E-state index is 0.404. The first kappa shape index (κ1) is 18.4. The van der Waals surface area contributed by atoms with E-state index in [0.29, 0.717) is 43.9 Å². The van der Waals surface area contributed by atoms with Crippen LogP contribution < -0.4 is 0 Å². The van der Waals surface area contributed by atoms with E-state index in [1.165, 1.54) is 4.80 Å². The third-order valence-electron chi connectivity index (χ3n) is 3.98. The number of benzene rings is 2. The van der Waals surface area contributed by atoms with Gasteiger partial charge in [-0.15, -0.1) is 10.2 Å². The third-order valence-corrected chi connectivity index (χ3v) is 4.82. The molecule has 0 aliphatic carbocycles. The van der Waals surface area contributed by atoms with Crippen molar-refractivity contribution in [1.82, 2.24) is 30.0 Å². The monoisotopic (exact) mass is 427 g/mol. The molecule has 0 bridgehead atoms. The Kier molecular flexibility index (Phi) is 4.96. The second kappa shape index (κ2) is 7.56. The van der Waals surface area contributed by atoms with E-state index < -0.39 is 0 Å². The molecule has 0 unspecified atom stereocenters. The Hall–Kier alpha value is -2.99. The maximum atomic E-state index is 8.87. The smallest absolute Gasteiger partial charge is 0.209 e. The molecule has 0 radical (unpaired) electrons. The van der Waals surface area contributed by atoms with Crippen LogP contribution in [0, 0.1) is 16.0 Å². The first-order chi connectivity index (χ1) is 13.5. The number of nitrogens with zero attached hydrogens (tertiary/aromatic N) is 6. The van der Waals surface area contributed by atoms with Crippen molar-refractivity contribution in [3.8, 4) is 23.1 Å². The van der Waals surface area contributed by atoms with E-state index in [1.807, 2.05) is 12.1 Å². The van der Waals surface area contributed by atoms with Gasteiger partial charge in [0.15, 0.2) is 0 Å². The van der Waals surface area contributed by atoms with Crippen LogP contribution in [0.4, 0.5) is 0 Å². The van der Waals surface area contributed by atoms with Gasteiger partial charge in [0.05, 0.1) is 29.4 Å². The number of rotatable bonds is 4. The molecule has 4 rings (SSSR count). The lowest BCUT2D eigenvalue weighted by atomic mass is 10.1. The van der Waals surface area contributed by atoms with Crippen LogP contribution in [0.1, 0.15) is 11.1 Å². The number of nitrogens with one attached hydrogen (secondary N) is 1. The van der Waals surface area contributed by atoms with Crippen molar-refractivity contribution in [2.24, 2.45) is 0 Å². The third kappa shape index (κ3) is 3.68. The molecule has 0 saturated heterocycles. The molecule has 0 saturated carbocycles. The van der Waals surface area contributed by atoms with Crippen LogP contribution in [0.25, 0.3) is 17.1 Å². The van der Waals surface area contributed by atoms with Crippen molar-refractivity contribution in [3.05, 3.63) is 74.5 Å². The van der Waals surface area contributed by atoms with Gasteiger partial charge >= 0.3 is 0 Å². The quantitative estimate of drug-likeness (QED) is 0.487. The van der Waals surface area contributed by atoms with E-state index in [9.17, 15) is 0 Å². The molecule has 4 aromatic rings. The predicted molar refractivity (Wildman–Crippen MR) is 108 cm³/mol. The summed E-state index contributed by atoms with van der Waals surface area (Å²) in [6, 6.07) is 14.4. The van der Waals surface area contributed by atoms with Crippen LogP contribution in [0.5, 0.6) is 0 Å². The normalized spacial score (nSPS) is 10.8. The number of aromatic amines is 1. The Bertz CT molecular complexity index is 1230. The van der Waals surface area contributed by atoms with Gasteiger partial charge in [-0.1, -0.05) is 47.6 Å². The highest BCUT2D eigenvalue weighted by atomic mass is 35.5. The standard InChI is InChI=1S/C18H11Cl2N7S/c19-13-5-14(20)7-15(6-13)27-18(28)16(9-22-27)17-23-25-26(24-17)10-12-3-1-11(8-21)2-4-12/h1-7,9,22H,10H2. The number of aromatic nitrogens is 6. The fourth-order valence-electron chi connectivity index (χ4n) is 2.66. The summed E-state index contributed by atoms with van der Waals surface area (Å²) in [5.41, 5.74) is 2.90. The second-order valence-corrected chi connectivity index (χ2v) is 7.17. The number of hydrogen-bond donors (Lipinski definition) is 1. The molecule has 28 heavy (non-hydrogen) atoms. The van der Waals surface area contributed by atoms with Crippen molar-refractivity contribution in [1.29, 1.82) is 5.26 Å². The largest absolute Gasteiger partial charge is 0.299 e. The van der Waals surface area contributed by atoms with Crippen LogP contribution in [-0.4, -0.2) is 30.0 Å². The van der Waals surface area contributed by atoms with Crippen molar-refractivity contribution < 1.29 is 0 Å². The highest BCUT2D eigenvalue weighted by Gasteiger charge is 2.13. The fourth-order valence-corrected chi connectivity index (χ4v) is 3.48. The topological polar surface area (TPSA) is 88.1 Å². The van der Waals surface area contributed by atoms with Crippen molar-refractivity contribution in [2.75, 3.05) is 0 Å². The molecule has 0 aliphatic heterocycles. The van der Waals surface area contributed by atoms with Crippen LogP contribution in [0.15, 0.2) is 48.7 Å². The molecule has 2 aromatic carbocycles. The van der Waals surface area contributed by atoms with Gasteiger partial charge in [-0.2, -0.15) is 10.1 Å². The maximum Gasteiger partial charge on any atom is 0.209 e. The minimum absolute atomic E-state index is 0.404. The van der Waals surface area contributed by atoms with E-state index in [2.05, 4.69) is 26.6 Å². The molecule has 0 aliphatic rings. The van der Waals surface area contributed by atoms with E-state index in [4.69, 9.17) is 40.7 Å². The highest BCUT2D eigenvalue weighted by Crippen LogP contribution is 2.24. The van der Waals surface area contributed by atoms with Crippen molar-refractivity contribution in [3.63, 3.8) is 0 Å². The summed E-state index contributed by atoms with van der Waals surface area (Å²) in [5, 5.41) is 25.5. The van der Waals surface area contributed by atoms with Crippen LogP contribution in [0.3, 0.4) is 0 Å². The minimum Gasteiger partial charge on any atom is -0.299 e. The summed E-state index contributed by atoms with van der Waals surface area (Å²) in [5.74, 6) is 0.404. The van der Waals surface area contributed by atoms with Gasteiger partial charge in [0.1, 0.15) is 4.64 Å². The summed E-state index contributed by atoms with van der Waals surface area (Å²) in [6.07, 6.45) is 1.71. The molecule has 0 fully saturated rings. The lowest BCUT2D eigenvalue weighted by Crippen LogP contribution is -2.04. The van der Waals surface area contributed by atoms with Gasteiger partial charge in [-0.25, -0.2) is 4.68 Å². The molecule has 138 valence electrons. The summed E-state index contributed by atoms with van der Waals surface area (Å²) in [4.78, 5) is 1.47. The zero-order valence-corrected chi connectivity index (χ0v) is 16.5. The average molecular weight is 428 g/mol. The lowest BCUT2D eigenvalue weighted by molar-refractivity contribution is 0.573. The van der Waals surface area contributed by atoms with E-state index in [0.717, 1.165) is 5.56 Å². The zero-order valence-electron chi connectivity index (χ0n) is 14.2. The zero-order chi connectivity index (χ0) is 19.7.